The van der Waals surface area contributed by atoms with E-state index in [9.17, 15) is 0 Å². The highest BCUT2D eigenvalue weighted by Crippen LogP contribution is 2.44. The zero-order valence-corrected chi connectivity index (χ0v) is 26.9. The fourth-order valence-corrected chi connectivity index (χ4v) is 7.81. The molecule has 2 aliphatic rings. The highest BCUT2D eigenvalue weighted by Gasteiger charge is 2.44. The van der Waals surface area contributed by atoms with Crippen LogP contribution < -0.4 is 9.80 Å². The van der Waals surface area contributed by atoms with Crippen molar-refractivity contribution in [3.8, 4) is 11.1 Å². The average molecular weight is 553 g/mol. The maximum Gasteiger partial charge on any atom is 0.0411 e. The zero-order valence-electron chi connectivity index (χ0n) is 26.9. The van der Waals surface area contributed by atoms with E-state index >= 15 is 0 Å². The van der Waals surface area contributed by atoms with Crippen molar-refractivity contribution >= 4 is 11.4 Å². The van der Waals surface area contributed by atoms with Crippen LogP contribution in [0.3, 0.4) is 0 Å². The Hall–Kier alpha value is -2.74. The first-order valence-electron chi connectivity index (χ1n) is 16.7. The monoisotopic (exact) mass is 552 g/mol. The highest BCUT2D eigenvalue weighted by molar-refractivity contribution is 5.69. The minimum absolute atomic E-state index is 0.442. The maximum absolute atomic E-state index is 4.53. The first kappa shape index (κ1) is 31.2. The van der Waals surface area contributed by atoms with Crippen molar-refractivity contribution in [3.05, 3.63) is 85.1 Å². The van der Waals surface area contributed by atoms with Crippen molar-refractivity contribution in [3.63, 3.8) is 0 Å². The predicted molar refractivity (Wildman–Crippen MR) is 182 cm³/mol. The Morgan fingerprint density at radius 3 is 2.07 bits per heavy atom. The van der Waals surface area contributed by atoms with Gasteiger partial charge in [0, 0.05) is 41.1 Å². The van der Waals surface area contributed by atoms with E-state index in [-0.39, 0.29) is 0 Å². The van der Waals surface area contributed by atoms with E-state index in [1.54, 1.807) is 0 Å². The van der Waals surface area contributed by atoms with Gasteiger partial charge in [-0.1, -0.05) is 95.2 Å². The van der Waals surface area contributed by atoms with Crippen molar-refractivity contribution in [2.24, 2.45) is 17.8 Å². The number of unbranched alkanes of at least 4 members (excludes halogenated alkanes) is 1. The van der Waals surface area contributed by atoms with E-state index in [1.807, 2.05) is 0 Å². The fourth-order valence-electron chi connectivity index (χ4n) is 7.81. The van der Waals surface area contributed by atoms with Crippen LogP contribution in [0, 0.1) is 17.8 Å². The quantitative estimate of drug-likeness (QED) is 0.270. The van der Waals surface area contributed by atoms with Crippen molar-refractivity contribution in [2.75, 3.05) is 9.80 Å². The largest absolute Gasteiger partial charge is 0.365 e. The molecule has 0 bridgehead atoms. The predicted octanol–water partition coefficient (Wildman–Crippen LogP) is 11.2. The third-order valence-corrected chi connectivity index (χ3v) is 10.0. The van der Waals surface area contributed by atoms with Crippen LogP contribution in [0.5, 0.6) is 0 Å². The molecule has 0 radical (unpaired) electrons. The van der Waals surface area contributed by atoms with Gasteiger partial charge >= 0.3 is 0 Å². The fraction of sp³-hybridized carbons (Fsp3) is 0.538. The van der Waals surface area contributed by atoms with Gasteiger partial charge in [-0.3, -0.25) is 0 Å². The zero-order chi connectivity index (χ0) is 29.4. The molecule has 2 aromatic rings. The van der Waals surface area contributed by atoms with Crippen molar-refractivity contribution < 1.29 is 0 Å². The van der Waals surface area contributed by atoms with Gasteiger partial charge in [0.15, 0.2) is 0 Å². The third-order valence-electron chi connectivity index (χ3n) is 10.0. The molecule has 2 aliphatic heterocycles. The highest BCUT2D eigenvalue weighted by atomic mass is 15.2. The molecule has 1 saturated heterocycles. The lowest BCUT2D eigenvalue weighted by molar-refractivity contribution is 0.369. The second kappa shape index (κ2) is 14.9. The Bertz CT molecular complexity index is 1140. The van der Waals surface area contributed by atoms with Crippen molar-refractivity contribution in [1.82, 2.24) is 0 Å². The molecule has 0 N–H and O–H groups in total. The lowest BCUT2D eigenvalue weighted by Crippen LogP contribution is -2.37. The van der Waals surface area contributed by atoms with Crippen LogP contribution in [-0.4, -0.2) is 18.1 Å². The normalized spacial score (nSPS) is 28.1. The summed E-state index contributed by atoms with van der Waals surface area (Å²) in [6, 6.07) is 20.2. The van der Waals surface area contributed by atoms with Crippen LogP contribution in [-0.2, 0) is 0 Å². The third kappa shape index (κ3) is 7.02. The number of anilines is 2. The molecule has 1 fully saturated rings. The maximum atomic E-state index is 4.53. The van der Waals surface area contributed by atoms with Gasteiger partial charge in [-0.05, 0) is 107 Å². The molecule has 2 heteroatoms. The molecule has 2 heterocycles. The lowest BCUT2D eigenvalue weighted by Gasteiger charge is -2.37. The summed E-state index contributed by atoms with van der Waals surface area (Å²) in [5, 5.41) is 0. The van der Waals surface area contributed by atoms with E-state index in [4.69, 9.17) is 0 Å². The van der Waals surface area contributed by atoms with Gasteiger partial charge in [-0.15, -0.1) is 0 Å². The molecule has 0 spiro atoms. The number of nitrogens with zero attached hydrogens (tertiary/aromatic N) is 2. The minimum atomic E-state index is 0.442. The van der Waals surface area contributed by atoms with Gasteiger partial charge in [0.2, 0.25) is 0 Å². The Morgan fingerprint density at radius 2 is 1.49 bits per heavy atom. The topological polar surface area (TPSA) is 6.48 Å². The van der Waals surface area contributed by atoms with E-state index in [1.165, 1.54) is 66.7 Å². The summed E-state index contributed by atoms with van der Waals surface area (Å²) in [7, 11) is 0. The molecule has 2 nitrogen and oxygen atoms in total. The number of hydrogen-bond donors (Lipinski definition) is 0. The van der Waals surface area contributed by atoms with Crippen LogP contribution in [0.2, 0.25) is 0 Å². The Morgan fingerprint density at radius 1 is 0.829 bits per heavy atom. The van der Waals surface area contributed by atoms with E-state index in [0.29, 0.717) is 30.0 Å². The van der Waals surface area contributed by atoms with Gasteiger partial charge in [0.1, 0.15) is 0 Å². The number of allylic oxidation sites excluding steroid dienone is 4. The Labute approximate surface area is 252 Å². The van der Waals surface area contributed by atoms with Crippen molar-refractivity contribution in [1.29, 1.82) is 0 Å². The number of hydrogen-bond acceptors (Lipinski definition) is 2. The van der Waals surface area contributed by atoms with E-state index in [0.717, 1.165) is 25.2 Å². The van der Waals surface area contributed by atoms with E-state index < -0.39 is 0 Å². The van der Waals surface area contributed by atoms with Crippen LogP contribution in [0.4, 0.5) is 11.4 Å². The molecule has 0 aliphatic carbocycles. The Balaban J connectivity index is 1.55. The minimum Gasteiger partial charge on any atom is -0.365 e. The summed E-state index contributed by atoms with van der Waals surface area (Å²) in [6.45, 7) is 18.6. The summed E-state index contributed by atoms with van der Waals surface area (Å²) in [5.74, 6) is 2.00. The summed E-state index contributed by atoms with van der Waals surface area (Å²) >= 11 is 0. The van der Waals surface area contributed by atoms with Crippen LogP contribution in [0.15, 0.2) is 85.1 Å². The Kier molecular flexibility index (Phi) is 11.4. The summed E-state index contributed by atoms with van der Waals surface area (Å²) in [5.41, 5.74) is 6.45. The van der Waals surface area contributed by atoms with E-state index in [2.05, 4.69) is 131 Å². The summed E-state index contributed by atoms with van der Waals surface area (Å²) < 4.78 is 0. The molecular formula is C39H56N2. The SMILES string of the molecule is C=C1CC/C=C\C[C@@H](CCC)C(C)N1c1ccc(-c2ccc(N3C(C)C(CCCC)C(/C=C\C)C3CC)cc2)cc1. The molecule has 6 atom stereocenters. The molecule has 0 saturated carbocycles. The smallest absolute Gasteiger partial charge is 0.0411 e. The van der Waals surface area contributed by atoms with Crippen LogP contribution in [0.1, 0.15) is 99.3 Å². The van der Waals surface area contributed by atoms with Gasteiger partial charge < -0.3 is 9.80 Å². The molecule has 0 aromatic heterocycles. The molecule has 0 amide bonds. The molecule has 222 valence electrons. The van der Waals surface area contributed by atoms with Crippen molar-refractivity contribution in [2.45, 2.75) is 117 Å². The summed E-state index contributed by atoms with van der Waals surface area (Å²) in [6.07, 6.45) is 20.4. The standard InChI is InChI=1S/C39H56N2/c1-8-12-20-37-31(7)41(39(11-4)38(37)17-10-3)36-27-23-34(24-28-36)33-21-25-35(26-22-33)40-29(5)18-14-13-15-19-32(16-9-2)30(40)6/h10,13,15,17,21-28,30-32,37-39H,5,8-9,11-12,14,16,18-20H2,1-4,6-7H3/b15-13-,17-10-/t30?,31?,32-,37?,38?,39?/m1/s1. The van der Waals surface area contributed by atoms with Gasteiger partial charge in [0.25, 0.3) is 0 Å². The summed E-state index contributed by atoms with van der Waals surface area (Å²) in [4.78, 5) is 5.26. The first-order valence-corrected chi connectivity index (χ1v) is 16.7. The number of benzene rings is 2. The average Bonchev–Trinajstić information content (AvgIpc) is 3.28. The molecular weight excluding hydrogens is 496 g/mol. The second-order valence-corrected chi connectivity index (χ2v) is 12.6. The molecule has 41 heavy (non-hydrogen) atoms. The van der Waals surface area contributed by atoms with Gasteiger partial charge in [-0.2, -0.15) is 0 Å². The lowest BCUT2D eigenvalue weighted by atomic mass is 9.83. The van der Waals surface area contributed by atoms with Crippen LogP contribution in [0.25, 0.3) is 11.1 Å². The molecule has 5 unspecified atom stereocenters. The van der Waals surface area contributed by atoms with Crippen LogP contribution >= 0.6 is 0 Å². The molecule has 2 aromatic carbocycles. The number of rotatable bonds is 10. The van der Waals surface area contributed by atoms with Gasteiger partial charge in [0.05, 0.1) is 0 Å². The van der Waals surface area contributed by atoms with Gasteiger partial charge in [-0.25, -0.2) is 0 Å². The first-order chi connectivity index (χ1) is 19.9. The molecule has 4 rings (SSSR count). The second-order valence-electron chi connectivity index (χ2n) is 12.6.